The van der Waals surface area contributed by atoms with Crippen molar-refractivity contribution < 1.29 is 14.3 Å². The van der Waals surface area contributed by atoms with Crippen LogP contribution in [-0.4, -0.2) is 30.9 Å². The maximum Gasteiger partial charge on any atom is 0.325 e. The molecule has 2 bridgehead atoms. The van der Waals surface area contributed by atoms with Crippen molar-refractivity contribution in [2.75, 3.05) is 13.7 Å². The Morgan fingerprint density at radius 1 is 1.39 bits per heavy atom. The highest BCUT2D eigenvalue weighted by atomic mass is 35.5. The Bertz CT molecular complexity index is 334. The second-order valence-electron chi connectivity index (χ2n) is 5.43. The SMILES string of the molecule is COC(=O)C(Cl)CNC(=O)CC1CC2CCC1C2. The van der Waals surface area contributed by atoms with Crippen LogP contribution in [0.2, 0.25) is 0 Å². The predicted octanol–water partition coefficient (Wildman–Crippen LogP) is 1.71. The molecule has 0 saturated heterocycles. The number of esters is 1. The maximum absolute atomic E-state index is 11.8. The van der Waals surface area contributed by atoms with Crippen molar-refractivity contribution in [1.82, 2.24) is 5.32 Å². The molecule has 102 valence electrons. The summed E-state index contributed by atoms with van der Waals surface area (Å²) in [5.41, 5.74) is 0. The number of hydrogen-bond donors (Lipinski definition) is 1. The van der Waals surface area contributed by atoms with Crippen LogP contribution < -0.4 is 5.32 Å². The fourth-order valence-corrected chi connectivity index (χ4v) is 3.52. The van der Waals surface area contributed by atoms with E-state index in [4.69, 9.17) is 11.6 Å². The molecule has 1 amide bonds. The zero-order valence-corrected chi connectivity index (χ0v) is 11.4. The van der Waals surface area contributed by atoms with E-state index in [0.717, 1.165) is 11.8 Å². The molecule has 0 aromatic carbocycles. The fraction of sp³-hybridized carbons (Fsp3) is 0.846. The number of methoxy groups -OCH3 is 1. The Kier molecular flexibility index (Phi) is 4.49. The van der Waals surface area contributed by atoms with Crippen LogP contribution in [0.25, 0.3) is 0 Å². The van der Waals surface area contributed by atoms with Crippen LogP contribution in [0.4, 0.5) is 0 Å². The van der Waals surface area contributed by atoms with E-state index in [9.17, 15) is 9.59 Å². The van der Waals surface area contributed by atoms with Crippen LogP contribution in [0.5, 0.6) is 0 Å². The number of nitrogens with one attached hydrogen (secondary N) is 1. The summed E-state index contributed by atoms with van der Waals surface area (Å²) in [7, 11) is 1.29. The van der Waals surface area contributed by atoms with E-state index < -0.39 is 11.3 Å². The van der Waals surface area contributed by atoms with Gasteiger partial charge < -0.3 is 10.1 Å². The largest absolute Gasteiger partial charge is 0.468 e. The maximum atomic E-state index is 11.8. The van der Waals surface area contributed by atoms with E-state index in [1.165, 1.54) is 32.8 Å². The summed E-state index contributed by atoms with van der Waals surface area (Å²) in [5.74, 6) is 1.63. The molecular formula is C13H20ClNO3. The van der Waals surface area contributed by atoms with Crippen molar-refractivity contribution in [3.63, 3.8) is 0 Å². The standard InChI is InChI=1S/C13H20ClNO3/c1-18-13(17)11(14)7-15-12(16)6-10-5-8-2-3-9(10)4-8/h8-11H,2-7H2,1H3,(H,15,16). The van der Waals surface area contributed by atoms with Crippen LogP contribution in [-0.2, 0) is 14.3 Å². The van der Waals surface area contributed by atoms with E-state index >= 15 is 0 Å². The fourth-order valence-electron chi connectivity index (χ4n) is 3.35. The molecule has 0 aliphatic heterocycles. The molecule has 1 N–H and O–H groups in total. The number of halogens is 1. The van der Waals surface area contributed by atoms with Crippen molar-refractivity contribution in [1.29, 1.82) is 0 Å². The van der Waals surface area contributed by atoms with Crippen LogP contribution >= 0.6 is 11.6 Å². The molecule has 2 fully saturated rings. The van der Waals surface area contributed by atoms with Crippen molar-refractivity contribution in [2.45, 2.75) is 37.5 Å². The van der Waals surface area contributed by atoms with Crippen LogP contribution in [0.1, 0.15) is 32.1 Å². The molecule has 5 heteroatoms. The minimum absolute atomic E-state index is 0.00195. The van der Waals surface area contributed by atoms with Gasteiger partial charge in [0.1, 0.15) is 5.38 Å². The van der Waals surface area contributed by atoms with Gasteiger partial charge in [0.25, 0.3) is 0 Å². The van der Waals surface area contributed by atoms with E-state index in [1.807, 2.05) is 0 Å². The minimum atomic E-state index is -0.793. The number of fused-ring (bicyclic) bond motifs is 2. The lowest BCUT2D eigenvalue weighted by Gasteiger charge is -2.21. The summed E-state index contributed by atoms with van der Waals surface area (Å²) in [4.78, 5) is 22.8. The average Bonchev–Trinajstić information content (AvgIpc) is 2.97. The molecule has 0 aromatic heterocycles. The molecule has 4 unspecified atom stereocenters. The molecule has 4 atom stereocenters. The van der Waals surface area contributed by atoms with Gasteiger partial charge in [0.15, 0.2) is 0 Å². The first kappa shape index (κ1) is 13.7. The van der Waals surface area contributed by atoms with Gasteiger partial charge in [-0.05, 0) is 37.0 Å². The normalized spacial score (nSPS) is 31.1. The number of carbonyl (C=O) groups excluding carboxylic acids is 2. The van der Waals surface area contributed by atoms with Gasteiger partial charge in [0.05, 0.1) is 7.11 Å². The van der Waals surface area contributed by atoms with Crippen LogP contribution in [0.3, 0.4) is 0 Å². The Labute approximate surface area is 112 Å². The van der Waals surface area contributed by atoms with E-state index in [2.05, 4.69) is 10.1 Å². The summed E-state index contributed by atoms with van der Waals surface area (Å²) in [6.45, 7) is 0.147. The summed E-state index contributed by atoms with van der Waals surface area (Å²) in [6.07, 6.45) is 5.70. The van der Waals surface area contributed by atoms with Crippen molar-refractivity contribution in [3.8, 4) is 0 Å². The van der Waals surface area contributed by atoms with E-state index in [0.29, 0.717) is 12.3 Å². The van der Waals surface area contributed by atoms with Gasteiger partial charge in [-0.15, -0.1) is 11.6 Å². The molecule has 2 saturated carbocycles. The van der Waals surface area contributed by atoms with Gasteiger partial charge in [0, 0.05) is 13.0 Å². The summed E-state index contributed by atoms with van der Waals surface area (Å²) >= 11 is 5.77. The van der Waals surface area contributed by atoms with E-state index in [1.54, 1.807) is 0 Å². The van der Waals surface area contributed by atoms with Gasteiger partial charge in [-0.3, -0.25) is 9.59 Å². The number of amides is 1. The minimum Gasteiger partial charge on any atom is -0.468 e. The van der Waals surface area contributed by atoms with Crippen molar-refractivity contribution >= 4 is 23.5 Å². The second-order valence-corrected chi connectivity index (χ2v) is 5.96. The summed E-state index contributed by atoms with van der Waals surface area (Å²) in [5, 5.41) is 1.92. The molecule has 18 heavy (non-hydrogen) atoms. The Balaban J connectivity index is 1.68. The Hall–Kier alpha value is -0.770. The number of hydrogen-bond acceptors (Lipinski definition) is 3. The highest BCUT2D eigenvalue weighted by Gasteiger charge is 2.40. The van der Waals surface area contributed by atoms with Gasteiger partial charge in [-0.2, -0.15) is 0 Å². The third-order valence-electron chi connectivity index (χ3n) is 4.27. The van der Waals surface area contributed by atoms with Crippen molar-refractivity contribution in [3.05, 3.63) is 0 Å². The number of rotatable bonds is 5. The molecule has 2 aliphatic rings. The van der Waals surface area contributed by atoms with Gasteiger partial charge in [-0.25, -0.2) is 0 Å². The monoisotopic (exact) mass is 273 g/mol. The van der Waals surface area contributed by atoms with Gasteiger partial charge in [0.2, 0.25) is 5.91 Å². The third-order valence-corrected chi connectivity index (χ3v) is 4.60. The predicted molar refractivity (Wildman–Crippen MR) is 68.2 cm³/mol. The zero-order chi connectivity index (χ0) is 13.1. The quantitative estimate of drug-likeness (QED) is 0.613. The number of ether oxygens (including phenoxy) is 1. The smallest absolute Gasteiger partial charge is 0.325 e. The lowest BCUT2D eigenvalue weighted by Crippen LogP contribution is -2.35. The second kappa shape index (κ2) is 5.91. The van der Waals surface area contributed by atoms with Crippen LogP contribution in [0.15, 0.2) is 0 Å². The Morgan fingerprint density at radius 2 is 2.17 bits per heavy atom. The molecular weight excluding hydrogens is 254 g/mol. The molecule has 0 aromatic rings. The van der Waals surface area contributed by atoms with Crippen molar-refractivity contribution in [2.24, 2.45) is 17.8 Å². The Morgan fingerprint density at radius 3 is 2.72 bits per heavy atom. The molecule has 2 rings (SSSR count). The first-order chi connectivity index (χ1) is 8.60. The van der Waals surface area contributed by atoms with Gasteiger partial charge in [-0.1, -0.05) is 6.42 Å². The molecule has 4 nitrogen and oxygen atoms in total. The summed E-state index contributed by atoms with van der Waals surface area (Å²) < 4.78 is 4.50. The first-order valence-corrected chi connectivity index (χ1v) is 7.02. The van der Waals surface area contributed by atoms with E-state index in [-0.39, 0.29) is 12.5 Å². The first-order valence-electron chi connectivity index (χ1n) is 6.58. The summed E-state index contributed by atoms with van der Waals surface area (Å²) in [6, 6.07) is 0. The van der Waals surface area contributed by atoms with Crippen LogP contribution in [0, 0.1) is 17.8 Å². The lowest BCUT2D eigenvalue weighted by molar-refractivity contribution is -0.140. The molecule has 2 aliphatic carbocycles. The number of alkyl halides is 1. The topological polar surface area (TPSA) is 55.4 Å². The lowest BCUT2D eigenvalue weighted by atomic mass is 9.86. The average molecular weight is 274 g/mol. The third kappa shape index (κ3) is 3.16. The molecule has 0 spiro atoms. The highest BCUT2D eigenvalue weighted by Crippen LogP contribution is 2.49. The molecule has 0 radical (unpaired) electrons. The molecule has 0 heterocycles. The highest BCUT2D eigenvalue weighted by molar-refractivity contribution is 6.30. The zero-order valence-electron chi connectivity index (χ0n) is 10.7. The van der Waals surface area contributed by atoms with Gasteiger partial charge >= 0.3 is 5.97 Å². The number of carbonyl (C=O) groups is 2.